The summed E-state index contributed by atoms with van der Waals surface area (Å²) >= 11 is 0. The third-order valence-corrected chi connectivity index (χ3v) is 4.50. The first kappa shape index (κ1) is 18.2. The average Bonchev–Trinajstić information content (AvgIpc) is 2.79. The number of amides is 1. The largest absolute Gasteiger partial charge is 0.481 e. The van der Waals surface area contributed by atoms with E-state index in [4.69, 9.17) is 4.52 Å². The van der Waals surface area contributed by atoms with E-state index in [-0.39, 0.29) is 24.8 Å². The normalized spacial score (nSPS) is 13.0. The Bertz CT molecular complexity index is 513. The highest BCUT2D eigenvalue weighted by atomic mass is 16.5. The second kappa shape index (κ2) is 7.42. The Balaban J connectivity index is 2.65. The Hall–Kier alpha value is -1.85. The van der Waals surface area contributed by atoms with E-state index >= 15 is 0 Å². The summed E-state index contributed by atoms with van der Waals surface area (Å²) in [4.78, 5) is 23.5. The summed E-state index contributed by atoms with van der Waals surface area (Å²) in [6.45, 7) is 9.43. The molecule has 0 fully saturated rings. The molecule has 0 aliphatic carbocycles. The summed E-state index contributed by atoms with van der Waals surface area (Å²) in [7, 11) is 0. The van der Waals surface area contributed by atoms with Crippen LogP contribution in [0.3, 0.4) is 0 Å². The van der Waals surface area contributed by atoms with Crippen LogP contribution < -0.4 is 5.32 Å². The summed E-state index contributed by atoms with van der Waals surface area (Å²) in [6, 6.07) is 0. The molecule has 0 spiro atoms. The van der Waals surface area contributed by atoms with Gasteiger partial charge in [-0.15, -0.1) is 0 Å². The monoisotopic (exact) mass is 310 g/mol. The zero-order valence-corrected chi connectivity index (χ0v) is 14.0. The molecule has 22 heavy (non-hydrogen) atoms. The van der Waals surface area contributed by atoms with Gasteiger partial charge in [0.25, 0.3) is 0 Å². The van der Waals surface area contributed by atoms with Crippen LogP contribution in [0.25, 0.3) is 0 Å². The maximum absolute atomic E-state index is 12.1. The number of carboxylic acids is 1. The summed E-state index contributed by atoms with van der Waals surface area (Å²) in [5.74, 6) is -0.315. The number of hydrogen-bond donors (Lipinski definition) is 2. The molecule has 0 saturated carbocycles. The predicted octanol–water partition coefficient (Wildman–Crippen LogP) is 2.79. The number of nitrogens with zero attached hydrogens (tertiary/aromatic N) is 1. The van der Waals surface area contributed by atoms with Crippen LogP contribution in [-0.4, -0.2) is 28.7 Å². The van der Waals surface area contributed by atoms with E-state index in [1.54, 1.807) is 0 Å². The summed E-state index contributed by atoms with van der Waals surface area (Å²) in [5, 5.41) is 16.0. The van der Waals surface area contributed by atoms with Crippen LogP contribution in [0.4, 0.5) is 0 Å². The molecule has 0 bridgehead atoms. The second-order valence-corrected chi connectivity index (χ2v) is 5.91. The van der Waals surface area contributed by atoms with Gasteiger partial charge >= 0.3 is 5.97 Å². The standard InChI is InChI=1S/C16H26N2O4/c1-6-16(7-2,15(20)21)9-17-13(19)8-10(3)14-11(4)18-22-12(14)5/h10H,6-9H2,1-5H3,(H,17,19)(H,20,21). The van der Waals surface area contributed by atoms with Gasteiger partial charge in [-0.25, -0.2) is 0 Å². The first-order valence-corrected chi connectivity index (χ1v) is 7.70. The molecule has 1 heterocycles. The molecule has 1 aromatic heterocycles. The van der Waals surface area contributed by atoms with Crippen molar-refractivity contribution < 1.29 is 19.2 Å². The number of aromatic nitrogens is 1. The zero-order valence-electron chi connectivity index (χ0n) is 14.0. The number of nitrogens with one attached hydrogen (secondary N) is 1. The molecule has 2 N–H and O–H groups in total. The van der Waals surface area contributed by atoms with Gasteiger partial charge in [0.2, 0.25) is 5.91 Å². The second-order valence-electron chi connectivity index (χ2n) is 5.91. The maximum atomic E-state index is 12.1. The first-order chi connectivity index (χ1) is 10.3. The van der Waals surface area contributed by atoms with Crippen molar-refractivity contribution in [3.8, 4) is 0 Å². The minimum absolute atomic E-state index is 0.0197. The molecule has 0 aliphatic rings. The molecule has 1 rings (SSSR count). The van der Waals surface area contributed by atoms with E-state index in [0.29, 0.717) is 12.8 Å². The van der Waals surface area contributed by atoms with Gasteiger partial charge in [0.05, 0.1) is 11.1 Å². The highest BCUT2D eigenvalue weighted by molar-refractivity contribution is 5.79. The molecule has 0 radical (unpaired) electrons. The Morgan fingerprint density at radius 1 is 1.32 bits per heavy atom. The Labute approximate surface area is 131 Å². The third-order valence-electron chi connectivity index (χ3n) is 4.50. The lowest BCUT2D eigenvalue weighted by atomic mass is 9.82. The lowest BCUT2D eigenvalue weighted by molar-refractivity contribution is -0.149. The average molecular weight is 310 g/mol. The van der Waals surface area contributed by atoms with E-state index in [2.05, 4.69) is 10.5 Å². The van der Waals surface area contributed by atoms with Crippen molar-refractivity contribution >= 4 is 11.9 Å². The fourth-order valence-corrected chi connectivity index (χ4v) is 2.79. The van der Waals surface area contributed by atoms with Crippen LogP contribution in [-0.2, 0) is 9.59 Å². The van der Waals surface area contributed by atoms with Gasteiger partial charge in [-0.2, -0.15) is 0 Å². The van der Waals surface area contributed by atoms with Crippen LogP contribution >= 0.6 is 0 Å². The van der Waals surface area contributed by atoms with Crippen molar-refractivity contribution in [1.29, 1.82) is 0 Å². The molecular weight excluding hydrogens is 284 g/mol. The van der Waals surface area contributed by atoms with Gasteiger partial charge in [0.15, 0.2) is 0 Å². The van der Waals surface area contributed by atoms with Crippen molar-refractivity contribution in [2.75, 3.05) is 6.54 Å². The van der Waals surface area contributed by atoms with Crippen molar-refractivity contribution in [3.63, 3.8) is 0 Å². The molecule has 1 unspecified atom stereocenters. The van der Waals surface area contributed by atoms with Gasteiger partial charge in [0.1, 0.15) is 5.76 Å². The number of rotatable bonds is 8. The van der Waals surface area contributed by atoms with Crippen LogP contribution in [0.5, 0.6) is 0 Å². The Kier molecular flexibility index (Phi) is 6.14. The third kappa shape index (κ3) is 3.87. The Morgan fingerprint density at radius 3 is 2.32 bits per heavy atom. The summed E-state index contributed by atoms with van der Waals surface area (Å²) in [6.07, 6.45) is 1.25. The highest BCUT2D eigenvalue weighted by Crippen LogP contribution is 2.27. The number of carbonyl (C=O) groups excluding carboxylic acids is 1. The fourth-order valence-electron chi connectivity index (χ4n) is 2.79. The molecule has 0 aliphatic heterocycles. The number of aryl methyl sites for hydroxylation is 2. The van der Waals surface area contributed by atoms with E-state index in [0.717, 1.165) is 17.0 Å². The van der Waals surface area contributed by atoms with Crippen molar-refractivity contribution in [1.82, 2.24) is 10.5 Å². The fraction of sp³-hybridized carbons (Fsp3) is 0.688. The SMILES string of the molecule is CCC(CC)(CNC(=O)CC(C)c1c(C)noc1C)C(=O)O. The van der Waals surface area contributed by atoms with E-state index in [1.807, 2.05) is 34.6 Å². The molecule has 1 aromatic rings. The van der Waals surface area contributed by atoms with Gasteiger partial charge in [-0.3, -0.25) is 9.59 Å². The molecule has 124 valence electrons. The topological polar surface area (TPSA) is 92.4 Å². The van der Waals surface area contributed by atoms with Crippen LogP contribution in [0.2, 0.25) is 0 Å². The molecule has 1 atom stereocenters. The number of hydrogen-bond acceptors (Lipinski definition) is 4. The van der Waals surface area contributed by atoms with Crippen molar-refractivity contribution in [3.05, 3.63) is 17.0 Å². The van der Waals surface area contributed by atoms with Crippen LogP contribution in [0.1, 0.15) is 63.0 Å². The number of carboxylic acid groups (broad SMARTS) is 1. The van der Waals surface area contributed by atoms with E-state index in [9.17, 15) is 14.7 Å². The molecule has 1 amide bonds. The zero-order chi connectivity index (χ0) is 16.9. The smallest absolute Gasteiger partial charge is 0.311 e. The Morgan fingerprint density at radius 2 is 1.91 bits per heavy atom. The van der Waals surface area contributed by atoms with Gasteiger partial charge in [0, 0.05) is 18.5 Å². The first-order valence-electron chi connectivity index (χ1n) is 7.70. The molecular formula is C16H26N2O4. The summed E-state index contributed by atoms with van der Waals surface area (Å²) < 4.78 is 5.12. The lowest BCUT2D eigenvalue weighted by Gasteiger charge is -2.27. The van der Waals surface area contributed by atoms with Crippen LogP contribution in [0.15, 0.2) is 4.52 Å². The van der Waals surface area contributed by atoms with Crippen molar-refractivity contribution in [2.24, 2.45) is 5.41 Å². The molecule has 6 heteroatoms. The maximum Gasteiger partial charge on any atom is 0.311 e. The minimum Gasteiger partial charge on any atom is -0.481 e. The molecule has 0 saturated heterocycles. The van der Waals surface area contributed by atoms with Gasteiger partial charge < -0.3 is 14.9 Å². The predicted molar refractivity (Wildman–Crippen MR) is 82.7 cm³/mol. The minimum atomic E-state index is -0.887. The number of aliphatic carboxylic acids is 1. The number of carbonyl (C=O) groups is 2. The lowest BCUT2D eigenvalue weighted by Crippen LogP contribution is -2.42. The van der Waals surface area contributed by atoms with Crippen LogP contribution in [0, 0.1) is 19.3 Å². The summed E-state index contributed by atoms with van der Waals surface area (Å²) in [5.41, 5.74) is 0.854. The molecule has 6 nitrogen and oxygen atoms in total. The quantitative estimate of drug-likeness (QED) is 0.770. The van der Waals surface area contributed by atoms with E-state index in [1.165, 1.54) is 0 Å². The molecule has 0 aromatic carbocycles. The van der Waals surface area contributed by atoms with Crippen molar-refractivity contribution in [2.45, 2.75) is 59.8 Å². The van der Waals surface area contributed by atoms with Gasteiger partial charge in [-0.05, 0) is 32.6 Å². The van der Waals surface area contributed by atoms with Gasteiger partial charge in [-0.1, -0.05) is 25.9 Å². The van der Waals surface area contributed by atoms with E-state index < -0.39 is 11.4 Å². The highest BCUT2D eigenvalue weighted by Gasteiger charge is 2.35.